The van der Waals surface area contributed by atoms with E-state index in [1.807, 2.05) is 6.08 Å². The van der Waals surface area contributed by atoms with Crippen molar-refractivity contribution >= 4 is 8.07 Å². The van der Waals surface area contributed by atoms with Crippen molar-refractivity contribution in [3.05, 3.63) is 36.5 Å². The molecule has 0 nitrogen and oxygen atoms in total. The standard InChI is InChI=1S/C12H20Si/c1-5-11-7-9-12(10-8-11)13(3,4)6-2/h5,7-9,12H,1,6,10H2,2-4H3. The van der Waals surface area contributed by atoms with Crippen molar-refractivity contribution in [1.29, 1.82) is 0 Å². The second-order valence-electron chi connectivity index (χ2n) is 4.45. The highest BCUT2D eigenvalue weighted by atomic mass is 28.3. The molecule has 1 atom stereocenters. The van der Waals surface area contributed by atoms with Crippen molar-refractivity contribution in [2.45, 2.75) is 38.0 Å². The Hall–Kier alpha value is -0.563. The Morgan fingerprint density at radius 2 is 2.31 bits per heavy atom. The Bertz CT molecular complexity index is 246. The minimum absolute atomic E-state index is 0.834. The first-order chi connectivity index (χ1) is 6.10. The van der Waals surface area contributed by atoms with Gasteiger partial charge in [0, 0.05) is 0 Å². The van der Waals surface area contributed by atoms with Crippen LogP contribution in [0.3, 0.4) is 0 Å². The lowest BCUT2D eigenvalue weighted by atomic mass is 10.1. The first-order valence-electron chi connectivity index (χ1n) is 5.11. The molecule has 0 saturated carbocycles. The highest BCUT2D eigenvalue weighted by molar-refractivity contribution is 6.79. The van der Waals surface area contributed by atoms with E-state index < -0.39 is 8.07 Å². The normalized spacial score (nSPS) is 22.7. The Balaban J connectivity index is 2.67. The molecule has 1 heteroatoms. The number of rotatable bonds is 3. The van der Waals surface area contributed by atoms with Crippen molar-refractivity contribution < 1.29 is 0 Å². The van der Waals surface area contributed by atoms with Crippen LogP contribution in [0.25, 0.3) is 0 Å². The van der Waals surface area contributed by atoms with Crippen LogP contribution in [0.15, 0.2) is 36.5 Å². The fourth-order valence-electron chi connectivity index (χ4n) is 1.63. The molecule has 1 aliphatic rings. The van der Waals surface area contributed by atoms with Gasteiger partial charge in [0.2, 0.25) is 0 Å². The third-order valence-electron chi connectivity index (χ3n) is 3.28. The van der Waals surface area contributed by atoms with Crippen molar-refractivity contribution in [2.24, 2.45) is 0 Å². The number of hydrogen-bond acceptors (Lipinski definition) is 0. The predicted octanol–water partition coefficient (Wildman–Crippen LogP) is 4.16. The van der Waals surface area contributed by atoms with Gasteiger partial charge in [-0.15, -0.1) is 0 Å². The van der Waals surface area contributed by atoms with Gasteiger partial charge in [0.1, 0.15) is 0 Å². The summed E-state index contributed by atoms with van der Waals surface area (Å²) < 4.78 is 0. The maximum atomic E-state index is 3.78. The van der Waals surface area contributed by atoms with E-state index in [0.29, 0.717) is 0 Å². The van der Waals surface area contributed by atoms with Crippen LogP contribution in [-0.2, 0) is 0 Å². The predicted molar refractivity (Wildman–Crippen MR) is 63.8 cm³/mol. The summed E-state index contributed by atoms with van der Waals surface area (Å²) in [6.45, 7) is 11.1. The van der Waals surface area contributed by atoms with Crippen LogP contribution in [0.1, 0.15) is 13.3 Å². The van der Waals surface area contributed by atoms with E-state index >= 15 is 0 Å². The fourth-order valence-corrected chi connectivity index (χ4v) is 3.53. The van der Waals surface area contributed by atoms with E-state index in [9.17, 15) is 0 Å². The average Bonchev–Trinajstić information content (AvgIpc) is 2.18. The van der Waals surface area contributed by atoms with Crippen LogP contribution in [0.2, 0.25) is 24.7 Å². The van der Waals surface area contributed by atoms with Crippen LogP contribution in [-0.4, -0.2) is 8.07 Å². The molecular formula is C12H20Si. The van der Waals surface area contributed by atoms with Crippen molar-refractivity contribution in [2.75, 3.05) is 0 Å². The number of hydrogen-bond donors (Lipinski definition) is 0. The highest BCUT2D eigenvalue weighted by Gasteiger charge is 2.27. The van der Waals surface area contributed by atoms with Gasteiger partial charge in [-0.25, -0.2) is 0 Å². The molecule has 0 aromatic rings. The molecule has 0 aromatic carbocycles. The van der Waals surface area contributed by atoms with Crippen molar-refractivity contribution in [3.63, 3.8) is 0 Å². The first-order valence-corrected chi connectivity index (χ1v) is 8.39. The molecule has 0 spiro atoms. The maximum absolute atomic E-state index is 3.78. The Morgan fingerprint density at radius 1 is 1.62 bits per heavy atom. The maximum Gasteiger partial charge on any atom is 0.0545 e. The zero-order valence-electron chi connectivity index (χ0n) is 9.01. The molecule has 0 heterocycles. The minimum atomic E-state index is -0.984. The van der Waals surface area contributed by atoms with E-state index in [0.717, 1.165) is 5.54 Å². The van der Waals surface area contributed by atoms with Crippen LogP contribution in [0, 0.1) is 0 Å². The molecule has 1 rings (SSSR count). The summed E-state index contributed by atoms with van der Waals surface area (Å²) >= 11 is 0. The van der Waals surface area contributed by atoms with Crippen LogP contribution >= 0.6 is 0 Å². The molecule has 13 heavy (non-hydrogen) atoms. The van der Waals surface area contributed by atoms with Gasteiger partial charge < -0.3 is 0 Å². The Kier molecular flexibility index (Phi) is 3.31. The minimum Gasteiger partial charge on any atom is -0.0985 e. The zero-order chi connectivity index (χ0) is 9.90. The Labute approximate surface area is 83.1 Å². The van der Waals surface area contributed by atoms with E-state index in [1.54, 1.807) is 0 Å². The zero-order valence-corrected chi connectivity index (χ0v) is 10.0. The first kappa shape index (κ1) is 10.5. The van der Waals surface area contributed by atoms with Gasteiger partial charge in [-0.05, 0) is 17.5 Å². The molecule has 1 aliphatic carbocycles. The second-order valence-corrected chi connectivity index (χ2v) is 9.88. The Morgan fingerprint density at radius 3 is 2.69 bits per heavy atom. The summed E-state index contributed by atoms with van der Waals surface area (Å²) in [5.41, 5.74) is 2.12. The molecule has 0 N–H and O–H groups in total. The van der Waals surface area contributed by atoms with Crippen molar-refractivity contribution in [3.8, 4) is 0 Å². The largest absolute Gasteiger partial charge is 0.0985 e. The molecule has 0 saturated heterocycles. The number of allylic oxidation sites excluding steroid dienone is 5. The molecule has 0 aromatic heterocycles. The summed E-state index contributed by atoms with van der Waals surface area (Å²) in [6.07, 6.45) is 10.1. The molecule has 0 radical (unpaired) electrons. The van der Waals surface area contributed by atoms with Gasteiger partial charge in [-0.3, -0.25) is 0 Å². The third-order valence-corrected chi connectivity index (χ3v) is 7.54. The van der Waals surface area contributed by atoms with Gasteiger partial charge in [-0.2, -0.15) is 0 Å². The summed E-state index contributed by atoms with van der Waals surface area (Å²) in [6, 6.07) is 1.37. The van der Waals surface area contributed by atoms with E-state index in [-0.39, 0.29) is 0 Å². The van der Waals surface area contributed by atoms with Crippen LogP contribution in [0.4, 0.5) is 0 Å². The van der Waals surface area contributed by atoms with Gasteiger partial charge >= 0.3 is 0 Å². The lowest BCUT2D eigenvalue weighted by Gasteiger charge is -2.30. The van der Waals surface area contributed by atoms with Crippen LogP contribution < -0.4 is 0 Å². The highest BCUT2D eigenvalue weighted by Crippen LogP contribution is 2.33. The molecule has 0 fully saturated rings. The van der Waals surface area contributed by atoms with E-state index in [4.69, 9.17) is 0 Å². The third kappa shape index (κ3) is 2.44. The molecule has 72 valence electrons. The average molecular weight is 192 g/mol. The van der Waals surface area contributed by atoms with Gasteiger partial charge in [0.05, 0.1) is 8.07 Å². The van der Waals surface area contributed by atoms with Crippen molar-refractivity contribution in [1.82, 2.24) is 0 Å². The van der Waals surface area contributed by atoms with Gasteiger partial charge in [0.15, 0.2) is 0 Å². The van der Waals surface area contributed by atoms with E-state index in [1.165, 1.54) is 18.0 Å². The topological polar surface area (TPSA) is 0 Å². The molecule has 1 unspecified atom stereocenters. The lowest BCUT2D eigenvalue weighted by molar-refractivity contribution is 0.955. The fraction of sp³-hybridized carbons (Fsp3) is 0.500. The molecular weight excluding hydrogens is 172 g/mol. The van der Waals surface area contributed by atoms with Gasteiger partial charge in [-0.1, -0.05) is 56.9 Å². The summed E-state index contributed by atoms with van der Waals surface area (Å²) in [7, 11) is -0.984. The summed E-state index contributed by atoms with van der Waals surface area (Å²) in [5.74, 6) is 0. The summed E-state index contributed by atoms with van der Waals surface area (Å²) in [4.78, 5) is 0. The molecule has 0 aliphatic heterocycles. The smallest absolute Gasteiger partial charge is 0.0545 e. The lowest BCUT2D eigenvalue weighted by Crippen LogP contribution is -2.30. The summed E-state index contributed by atoms with van der Waals surface area (Å²) in [5, 5.41) is 0. The van der Waals surface area contributed by atoms with E-state index in [2.05, 4.69) is 44.8 Å². The SMILES string of the molecule is C=CC1=CCC([Si](C)(C)CC)C=C1. The second kappa shape index (κ2) is 4.10. The molecule has 0 amide bonds. The van der Waals surface area contributed by atoms with Gasteiger partial charge in [0.25, 0.3) is 0 Å². The quantitative estimate of drug-likeness (QED) is 0.589. The molecule has 0 bridgehead atoms. The van der Waals surface area contributed by atoms with Crippen LogP contribution in [0.5, 0.6) is 0 Å². The monoisotopic (exact) mass is 192 g/mol.